The fourth-order valence-corrected chi connectivity index (χ4v) is 4.24. The number of anilines is 1. The fraction of sp³-hybridized carbons (Fsp3) is 0.636. The van der Waals surface area contributed by atoms with Gasteiger partial charge in [-0.15, -0.1) is 0 Å². The molecule has 3 rings (SSSR count). The molecule has 1 aliphatic carbocycles. The van der Waals surface area contributed by atoms with E-state index in [1.807, 2.05) is 0 Å². The van der Waals surface area contributed by atoms with E-state index in [-0.39, 0.29) is 17.7 Å². The average Bonchev–Trinajstić information content (AvgIpc) is 2.74. The number of piperidine rings is 1. The number of nitrogens with zero attached hydrogens (tertiary/aromatic N) is 1. The van der Waals surface area contributed by atoms with Crippen LogP contribution in [0.15, 0.2) is 18.2 Å². The third-order valence-electron chi connectivity index (χ3n) is 5.94. The Morgan fingerprint density at radius 1 is 1.00 bits per heavy atom. The molecule has 160 valence electrons. The highest BCUT2D eigenvalue weighted by molar-refractivity contribution is 5.92. The zero-order valence-electron chi connectivity index (χ0n) is 17.5. The van der Waals surface area contributed by atoms with E-state index in [4.69, 9.17) is 9.47 Å². The first-order valence-electron chi connectivity index (χ1n) is 10.6. The van der Waals surface area contributed by atoms with E-state index < -0.39 is 0 Å². The number of hydrogen-bond acceptors (Lipinski definition) is 5. The van der Waals surface area contributed by atoms with Crippen molar-refractivity contribution in [1.29, 1.82) is 0 Å². The maximum Gasteiger partial charge on any atom is 0.238 e. The Morgan fingerprint density at radius 3 is 2.34 bits per heavy atom. The Hall–Kier alpha value is -2.28. The molecule has 0 spiro atoms. The Morgan fingerprint density at radius 2 is 1.69 bits per heavy atom. The molecule has 2 N–H and O–H groups in total. The predicted octanol–water partition coefficient (Wildman–Crippen LogP) is 2.80. The van der Waals surface area contributed by atoms with Crippen molar-refractivity contribution in [1.82, 2.24) is 10.2 Å². The van der Waals surface area contributed by atoms with Crippen LogP contribution in [0.25, 0.3) is 0 Å². The van der Waals surface area contributed by atoms with Crippen molar-refractivity contribution in [2.75, 3.05) is 39.2 Å². The molecule has 1 heterocycles. The third kappa shape index (κ3) is 6.10. The molecule has 1 aliphatic heterocycles. The van der Waals surface area contributed by atoms with Gasteiger partial charge in [-0.3, -0.25) is 14.5 Å². The van der Waals surface area contributed by atoms with E-state index in [1.165, 1.54) is 19.3 Å². The first-order valence-corrected chi connectivity index (χ1v) is 10.6. The second kappa shape index (κ2) is 10.5. The standard InChI is InChI=1S/C22H33N3O4/c1-28-19-9-8-18(14-20(19)29-2)23-21(26)15-25-12-10-16(11-13-25)22(27)24-17-6-4-3-5-7-17/h8-9,14,16-17H,3-7,10-13,15H2,1-2H3,(H,23,26)(H,24,27). The number of rotatable bonds is 7. The van der Waals surface area contributed by atoms with Crippen LogP contribution in [-0.4, -0.2) is 56.6 Å². The smallest absolute Gasteiger partial charge is 0.238 e. The molecule has 2 fully saturated rings. The number of carbonyl (C=O) groups is 2. The molecule has 0 aromatic heterocycles. The summed E-state index contributed by atoms with van der Waals surface area (Å²) in [5.74, 6) is 1.41. The van der Waals surface area contributed by atoms with Crippen molar-refractivity contribution >= 4 is 17.5 Å². The maximum absolute atomic E-state index is 12.5. The summed E-state index contributed by atoms with van der Waals surface area (Å²) in [6.45, 7) is 1.86. The summed E-state index contributed by atoms with van der Waals surface area (Å²) in [6, 6.07) is 5.67. The lowest BCUT2D eigenvalue weighted by Crippen LogP contribution is -2.45. The van der Waals surface area contributed by atoms with Gasteiger partial charge in [0, 0.05) is 23.7 Å². The van der Waals surface area contributed by atoms with Crippen molar-refractivity contribution in [3.8, 4) is 11.5 Å². The maximum atomic E-state index is 12.5. The van der Waals surface area contributed by atoms with Crippen molar-refractivity contribution in [3.05, 3.63) is 18.2 Å². The summed E-state index contributed by atoms with van der Waals surface area (Å²) in [4.78, 5) is 27.0. The SMILES string of the molecule is COc1ccc(NC(=O)CN2CCC(C(=O)NC3CCCCC3)CC2)cc1OC. The molecule has 1 saturated carbocycles. The molecule has 7 nitrogen and oxygen atoms in total. The number of carbonyl (C=O) groups excluding carboxylic acids is 2. The van der Waals surface area contributed by atoms with E-state index in [2.05, 4.69) is 15.5 Å². The normalized spacial score (nSPS) is 18.8. The molecular weight excluding hydrogens is 370 g/mol. The summed E-state index contributed by atoms with van der Waals surface area (Å²) < 4.78 is 10.5. The van der Waals surface area contributed by atoms with Crippen LogP contribution < -0.4 is 20.1 Å². The van der Waals surface area contributed by atoms with Crippen molar-refractivity contribution in [2.24, 2.45) is 5.92 Å². The number of hydrogen-bond donors (Lipinski definition) is 2. The molecule has 0 atom stereocenters. The largest absolute Gasteiger partial charge is 0.493 e. The lowest BCUT2D eigenvalue weighted by molar-refractivity contribution is -0.127. The van der Waals surface area contributed by atoms with Gasteiger partial charge in [0.05, 0.1) is 20.8 Å². The highest BCUT2D eigenvalue weighted by Gasteiger charge is 2.27. The number of nitrogens with one attached hydrogen (secondary N) is 2. The van der Waals surface area contributed by atoms with Crippen molar-refractivity contribution in [2.45, 2.75) is 51.0 Å². The number of amides is 2. The minimum absolute atomic E-state index is 0.0673. The minimum atomic E-state index is -0.0673. The van der Waals surface area contributed by atoms with Gasteiger partial charge in [0.1, 0.15) is 0 Å². The lowest BCUT2D eigenvalue weighted by atomic mass is 9.92. The molecule has 0 radical (unpaired) electrons. The first-order chi connectivity index (χ1) is 14.1. The molecule has 2 aliphatic rings. The molecule has 29 heavy (non-hydrogen) atoms. The van der Waals surface area contributed by atoms with Gasteiger partial charge in [0.15, 0.2) is 11.5 Å². The second-order valence-corrected chi connectivity index (χ2v) is 8.01. The molecule has 1 aromatic carbocycles. The van der Waals surface area contributed by atoms with Crippen LogP contribution >= 0.6 is 0 Å². The van der Waals surface area contributed by atoms with Gasteiger partial charge in [-0.2, -0.15) is 0 Å². The van der Waals surface area contributed by atoms with Gasteiger partial charge in [-0.05, 0) is 50.9 Å². The lowest BCUT2D eigenvalue weighted by Gasteiger charge is -2.32. The number of methoxy groups -OCH3 is 2. The second-order valence-electron chi connectivity index (χ2n) is 8.01. The minimum Gasteiger partial charge on any atom is -0.493 e. The Bertz CT molecular complexity index is 695. The molecule has 1 saturated heterocycles. The first kappa shape index (κ1) is 21.4. The highest BCUT2D eigenvalue weighted by Crippen LogP contribution is 2.29. The van der Waals surface area contributed by atoms with Crippen LogP contribution in [0, 0.1) is 5.92 Å². The van der Waals surface area contributed by atoms with Crippen LogP contribution in [0.5, 0.6) is 11.5 Å². The average molecular weight is 404 g/mol. The number of likely N-dealkylation sites (tertiary alicyclic amines) is 1. The molecule has 0 bridgehead atoms. The van der Waals surface area contributed by atoms with Gasteiger partial charge >= 0.3 is 0 Å². The van der Waals surface area contributed by atoms with Gasteiger partial charge in [0.2, 0.25) is 11.8 Å². The Kier molecular flexibility index (Phi) is 7.75. The quantitative estimate of drug-likeness (QED) is 0.732. The van der Waals surface area contributed by atoms with E-state index in [1.54, 1.807) is 32.4 Å². The van der Waals surface area contributed by atoms with Crippen LogP contribution in [0.2, 0.25) is 0 Å². The summed E-state index contributed by atoms with van der Waals surface area (Å²) >= 11 is 0. The van der Waals surface area contributed by atoms with Crippen LogP contribution in [-0.2, 0) is 9.59 Å². The van der Waals surface area contributed by atoms with Gasteiger partial charge in [0.25, 0.3) is 0 Å². The Balaban J connectivity index is 1.42. The van der Waals surface area contributed by atoms with Gasteiger partial charge in [-0.1, -0.05) is 19.3 Å². The van der Waals surface area contributed by atoms with E-state index >= 15 is 0 Å². The zero-order valence-corrected chi connectivity index (χ0v) is 17.5. The molecule has 1 aromatic rings. The van der Waals surface area contributed by atoms with Crippen molar-refractivity contribution < 1.29 is 19.1 Å². The summed E-state index contributed by atoms with van der Waals surface area (Å²) in [6.07, 6.45) is 7.57. The van der Waals surface area contributed by atoms with Crippen molar-refractivity contribution in [3.63, 3.8) is 0 Å². The molecule has 0 unspecified atom stereocenters. The highest BCUT2D eigenvalue weighted by atomic mass is 16.5. The third-order valence-corrected chi connectivity index (χ3v) is 5.94. The van der Waals surface area contributed by atoms with E-state index in [0.29, 0.717) is 29.8 Å². The topological polar surface area (TPSA) is 79.9 Å². The molecular formula is C22H33N3O4. The summed E-state index contributed by atoms with van der Waals surface area (Å²) in [5.41, 5.74) is 0.675. The van der Waals surface area contributed by atoms with Crippen LogP contribution in [0.3, 0.4) is 0 Å². The fourth-order valence-electron chi connectivity index (χ4n) is 4.24. The molecule has 7 heteroatoms. The van der Waals surface area contributed by atoms with E-state index in [9.17, 15) is 9.59 Å². The van der Waals surface area contributed by atoms with Gasteiger partial charge < -0.3 is 20.1 Å². The van der Waals surface area contributed by atoms with E-state index in [0.717, 1.165) is 38.8 Å². The summed E-state index contributed by atoms with van der Waals surface area (Å²) in [5, 5.41) is 6.15. The number of ether oxygens (including phenoxy) is 2. The predicted molar refractivity (Wildman–Crippen MR) is 112 cm³/mol. The molecule has 2 amide bonds. The Labute approximate surface area is 173 Å². The zero-order chi connectivity index (χ0) is 20.6. The van der Waals surface area contributed by atoms with Gasteiger partial charge in [-0.25, -0.2) is 0 Å². The van der Waals surface area contributed by atoms with Crippen LogP contribution in [0.4, 0.5) is 5.69 Å². The summed E-state index contributed by atoms with van der Waals surface area (Å²) in [7, 11) is 3.15. The number of benzene rings is 1. The monoisotopic (exact) mass is 403 g/mol. The van der Waals surface area contributed by atoms with Crippen LogP contribution in [0.1, 0.15) is 44.9 Å².